The van der Waals surface area contributed by atoms with Gasteiger partial charge < -0.3 is 15.2 Å². The lowest BCUT2D eigenvalue weighted by molar-refractivity contribution is -0.391. The second-order valence-electron chi connectivity index (χ2n) is 2.91. The highest BCUT2D eigenvalue weighted by Gasteiger charge is 2.30. The van der Waals surface area contributed by atoms with Gasteiger partial charge in [0.15, 0.2) is 5.69 Å². The van der Waals surface area contributed by atoms with Gasteiger partial charge in [0, 0.05) is 13.0 Å². The van der Waals surface area contributed by atoms with Crippen LogP contribution in [0.4, 0.5) is 14.6 Å². The van der Waals surface area contributed by atoms with Crippen molar-refractivity contribution >= 4 is 11.8 Å². The van der Waals surface area contributed by atoms with Crippen LogP contribution < -0.4 is 0 Å². The molecule has 16 heavy (non-hydrogen) atoms. The van der Waals surface area contributed by atoms with Crippen molar-refractivity contribution in [3.05, 3.63) is 33.0 Å². The number of nitro groups is 1. The van der Waals surface area contributed by atoms with Crippen LogP contribution in [0.15, 0.2) is 6.07 Å². The van der Waals surface area contributed by atoms with E-state index in [2.05, 4.69) is 4.98 Å². The molecule has 8 heteroatoms. The number of rotatable bonds is 3. The van der Waals surface area contributed by atoms with E-state index in [1.807, 2.05) is 0 Å². The van der Waals surface area contributed by atoms with Crippen LogP contribution in [0.1, 0.15) is 28.0 Å². The van der Waals surface area contributed by atoms with Crippen molar-refractivity contribution in [2.75, 3.05) is 0 Å². The van der Waals surface area contributed by atoms with Gasteiger partial charge in [0.1, 0.15) is 5.56 Å². The van der Waals surface area contributed by atoms with Crippen LogP contribution in [-0.2, 0) is 0 Å². The summed E-state index contributed by atoms with van der Waals surface area (Å²) in [6.07, 6.45) is -3.26. The first-order valence-electron chi connectivity index (χ1n) is 4.02. The number of halogens is 2. The summed E-state index contributed by atoms with van der Waals surface area (Å²) in [6.45, 7) is 1.29. The molecule has 1 rings (SSSR count). The van der Waals surface area contributed by atoms with E-state index in [4.69, 9.17) is 5.11 Å². The number of aromatic carboxylic acids is 1. The van der Waals surface area contributed by atoms with Crippen LogP contribution in [0.5, 0.6) is 0 Å². The molecule has 1 heterocycles. The molecule has 1 aromatic heterocycles. The number of aromatic nitrogens is 1. The summed E-state index contributed by atoms with van der Waals surface area (Å²) in [6, 6.07) is 0.872. The zero-order chi connectivity index (χ0) is 12.5. The van der Waals surface area contributed by atoms with Gasteiger partial charge in [-0.15, -0.1) is 0 Å². The number of hydrogen-bond acceptors (Lipinski definition) is 4. The van der Waals surface area contributed by atoms with Crippen LogP contribution in [0.3, 0.4) is 0 Å². The average Bonchev–Trinajstić information content (AvgIpc) is 2.15. The number of carboxylic acid groups (broad SMARTS) is 1. The van der Waals surface area contributed by atoms with Crippen LogP contribution in [-0.4, -0.2) is 21.0 Å². The van der Waals surface area contributed by atoms with Crippen molar-refractivity contribution < 1.29 is 23.6 Å². The summed E-state index contributed by atoms with van der Waals surface area (Å²) in [4.78, 5) is 23.3. The summed E-state index contributed by atoms with van der Waals surface area (Å²) in [5.74, 6) is -2.77. The SMILES string of the molecule is Cc1cc(C(=O)O)c(C(F)F)c([N+](=O)[O-])n1. The van der Waals surface area contributed by atoms with Gasteiger partial charge in [0.2, 0.25) is 0 Å². The minimum absolute atomic E-state index is 0.00602. The standard InChI is InChI=1S/C8H6F2N2O4/c1-3-2-4(8(13)14)5(6(9)10)7(11-3)12(15)16/h2,6H,1H3,(H,13,14). The Bertz CT molecular complexity index is 426. The Balaban J connectivity index is 3.60. The Morgan fingerprint density at radius 3 is 2.56 bits per heavy atom. The summed E-state index contributed by atoms with van der Waals surface area (Å²) in [5.41, 5.74) is -1.97. The van der Waals surface area contributed by atoms with Gasteiger partial charge in [-0.25, -0.2) is 13.6 Å². The smallest absolute Gasteiger partial charge is 0.373 e. The number of hydrogen-bond donors (Lipinski definition) is 1. The molecule has 86 valence electrons. The first-order valence-corrected chi connectivity index (χ1v) is 4.02. The quantitative estimate of drug-likeness (QED) is 0.634. The molecule has 1 aromatic rings. The van der Waals surface area contributed by atoms with Crippen LogP contribution in [0, 0.1) is 17.0 Å². The van der Waals surface area contributed by atoms with Crippen LogP contribution in [0.25, 0.3) is 0 Å². The Labute approximate surface area is 87.7 Å². The summed E-state index contributed by atoms with van der Waals surface area (Å²) in [5, 5.41) is 19.1. The van der Waals surface area contributed by atoms with Gasteiger partial charge in [0.05, 0.1) is 5.56 Å². The van der Waals surface area contributed by atoms with Gasteiger partial charge in [-0.1, -0.05) is 0 Å². The maximum Gasteiger partial charge on any atom is 0.373 e. The van der Waals surface area contributed by atoms with Gasteiger partial charge in [-0.05, 0) is 9.91 Å². The fourth-order valence-corrected chi connectivity index (χ4v) is 1.20. The van der Waals surface area contributed by atoms with Crippen molar-refractivity contribution in [2.45, 2.75) is 13.3 Å². The minimum atomic E-state index is -3.26. The van der Waals surface area contributed by atoms with Gasteiger partial charge in [0.25, 0.3) is 6.43 Å². The topological polar surface area (TPSA) is 93.3 Å². The van der Waals surface area contributed by atoms with E-state index in [-0.39, 0.29) is 5.69 Å². The molecule has 0 unspecified atom stereocenters. The van der Waals surface area contributed by atoms with Crippen molar-refractivity contribution in [1.29, 1.82) is 0 Å². The molecular weight excluding hydrogens is 226 g/mol. The average molecular weight is 232 g/mol. The highest BCUT2D eigenvalue weighted by atomic mass is 19.3. The lowest BCUT2D eigenvalue weighted by atomic mass is 10.1. The third kappa shape index (κ3) is 2.10. The van der Waals surface area contributed by atoms with Gasteiger partial charge in [-0.3, -0.25) is 0 Å². The molecule has 0 fully saturated rings. The third-order valence-corrected chi connectivity index (χ3v) is 1.79. The van der Waals surface area contributed by atoms with E-state index >= 15 is 0 Å². The Kier molecular flexibility index (Phi) is 3.11. The number of alkyl halides is 2. The van der Waals surface area contributed by atoms with E-state index in [9.17, 15) is 23.7 Å². The Morgan fingerprint density at radius 1 is 1.62 bits per heavy atom. The molecule has 6 nitrogen and oxygen atoms in total. The van der Waals surface area contributed by atoms with E-state index in [0.29, 0.717) is 0 Å². The van der Waals surface area contributed by atoms with Gasteiger partial charge in [-0.2, -0.15) is 0 Å². The van der Waals surface area contributed by atoms with Crippen molar-refractivity contribution in [1.82, 2.24) is 4.98 Å². The lowest BCUT2D eigenvalue weighted by Gasteiger charge is -2.05. The van der Waals surface area contributed by atoms with Crippen molar-refractivity contribution in [3.63, 3.8) is 0 Å². The molecule has 0 saturated carbocycles. The lowest BCUT2D eigenvalue weighted by Crippen LogP contribution is -2.09. The zero-order valence-electron chi connectivity index (χ0n) is 7.98. The second-order valence-corrected chi connectivity index (χ2v) is 2.91. The summed E-state index contributed by atoms with van der Waals surface area (Å²) < 4.78 is 25.1. The second kappa shape index (κ2) is 4.17. The first-order chi connectivity index (χ1) is 7.34. The molecule has 0 amide bonds. The maximum absolute atomic E-state index is 12.5. The molecule has 0 bridgehead atoms. The van der Waals surface area contributed by atoms with Crippen LogP contribution in [0.2, 0.25) is 0 Å². The molecule has 0 saturated heterocycles. The third-order valence-electron chi connectivity index (χ3n) is 1.79. The first kappa shape index (κ1) is 12.0. The molecule has 0 radical (unpaired) electrons. The predicted molar refractivity (Wildman–Crippen MR) is 47.5 cm³/mol. The highest BCUT2D eigenvalue weighted by molar-refractivity contribution is 5.90. The minimum Gasteiger partial charge on any atom is -0.478 e. The molecule has 0 aliphatic carbocycles. The fourth-order valence-electron chi connectivity index (χ4n) is 1.20. The Hall–Kier alpha value is -2.12. The summed E-state index contributed by atoms with van der Waals surface area (Å²) >= 11 is 0. The van der Waals surface area contributed by atoms with E-state index in [0.717, 1.165) is 6.07 Å². The molecular formula is C8H6F2N2O4. The number of aryl methyl sites for hydroxylation is 1. The Morgan fingerprint density at radius 2 is 2.19 bits per heavy atom. The molecule has 1 N–H and O–H groups in total. The summed E-state index contributed by atoms with van der Waals surface area (Å²) in [7, 11) is 0. The van der Waals surface area contributed by atoms with E-state index in [1.165, 1.54) is 6.92 Å². The number of nitrogens with zero attached hydrogens (tertiary/aromatic N) is 2. The monoisotopic (exact) mass is 232 g/mol. The molecule has 0 spiro atoms. The predicted octanol–water partition coefficient (Wildman–Crippen LogP) is 1.93. The molecule has 0 atom stereocenters. The number of pyridine rings is 1. The fraction of sp³-hybridized carbons (Fsp3) is 0.250. The van der Waals surface area contributed by atoms with Crippen molar-refractivity contribution in [2.24, 2.45) is 0 Å². The van der Waals surface area contributed by atoms with Gasteiger partial charge >= 0.3 is 11.8 Å². The largest absolute Gasteiger partial charge is 0.478 e. The molecule has 0 aromatic carbocycles. The van der Waals surface area contributed by atoms with E-state index < -0.39 is 34.3 Å². The molecule has 0 aliphatic heterocycles. The number of carboxylic acids is 1. The highest BCUT2D eigenvalue weighted by Crippen LogP contribution is 2.31. The molecule has 0 aliphatic rings. The normalized spacial score (nSPS) is 10.5. The van der Waals surface area contributed by atoms with Crippen molar-refractivity contribution in [3.8, 4) is 0 Å². The number of carbonyl (C=O) groups is 1. The maximum atomic E-state index is 12.5. The van der Waals surface area contributed by atoms with E-state index in [1.54, 1.807) is 0 Å². The zero-order valence-corrected chi connectivity index (χ0v) is 7.98. The van der Waals surface area contributed by atoms with Crippen LogP contribution >= 0.6 is 0 Å².